The molecule has 0 spiro atoms. The normalized spacial score (nSPS) is 22.7. The minimum Gasteiger partial charge on any atom is -0.493 e. The van der Waals surface area contributed by atoms with Crippen molar-refractivity contribution in [2.75, 3.05) is 41.7 Å². The molecule has 2 heterocycles. The number of nitrogens with zero attached hydrogens (tertiary/aromatic N) is 2. The van der Waals surface area contributed by atoms with E-state index in [1.165, 1.54) is 7.11 Å². The third-order valence-corrected chi connectivity index (χ3v) is 6.37. The van der Waals surface area contributed by atoms with E-state index in [1.807, 2.05) is 31.3 Å². The second kappa shape index (κ2) is 7.51. The summed E-state index contributed by atoms with van der Waals surface area (Å²) >= 11 is 0. The Labute approximate surface area is 185 Å². The summed E-state index contributed by atoms with van der Waals surface area (Å²) in [6, 6.07) is 7.42. The maximum atomic E-state index is 12.6. The number of benzene rings is 2. The number of carbonyl (C=O) groups is 1. The van der Waals surface area contributed by atoms with Crippen molar-refractivity contribution in [2.24, 2.45) is 16.9 Å². The molecule has 3 atom stereocenters. The van der Waals surface area contributed by atoms with Gasteiger partial charge in [-0.25, -0.2) is 0 Å². The molecule has 0 fully saturated rings. The van der Waals surface area contributed by atoms with Crippen LogP contribution in [0.4, 0.5) is 0 Å². The number of hydrazone groups is 1. The van der Waals surface area contributed by atoms with Crippen LogP contribution in [0.5, 0.6) is 28.7 Å². The fraction of sp³-hybridized carbons (Fsp3) is 0.391. The van der Waals surface area contributed by atoms with Crippen molar-refractivity contribution in [3.05, 3.63) is 41.0 Å². The number of hydrogen-bond donors (Lipinski definition) is 1. The lowest BCUT2D eigenvalue weighted by molar-refractivity contribution is -0.143. The van der Waals surface area contributed by atoms with Crippen molar-refractivity contribution in [1.29, 1.82) is 0 Å². The number of carboxylic acid groups (broad SMARTS) is 1. The molecule has 2 aromatic carbocycles. The average molecular weight is 440 g/mol. The summed E-state index contributed by atoms with van der Waals surface area (Å²) in [5.41, 5.74) is 3.21. The first-order chi connectivity index (χ1) is 15.5. The smallest absolute Gasteiger partial charge is 0.308 e. The van der Waals surface area contributed by atoms with E-state index in [-0.39, 0.29) is 12.7 Å². The van der Waals surface area contributed by atoms with Crippen LogP contribution < -0.4 is 23.7 Å². The summed E-state index contributed by atoms with van der Waals surface area (Å²) in [5.74, 6) is 0.223. The van der Waals surface area contributed by atoms with Crippen molar-refractivity contribution in [1.82, 2.24) is 5.01 Å². The predicted octanol–water partition coefficient (Wildman–Crippen LogP) is 2.55. The van der Waals surface area contributed by atoms with Crippen LogP contribution in [0.25, 0.3) is 0 Å². The number of hydrogen-bond acceptors (Lipinski definition) is 8. The van der Waals surface area contributed by atoms with Crippen LogP contribution in [0.2, 0.25) is 0 Å². The van der Waals surface area contributed by atoms with Gasteiger partial charge in [-0.05, 0) is 35.4 Å². The van der Waals surface area contributed by atoms with Crippen molar-refractivity contribution >= 4 is 11.7 Å². The fourth-order valence-corrected chi connectivity index (χ4v) is 5.05. The lowest BCUT2D eigenvalue weighted by atomic mass is 9.65. The quantitative estimate of drug-likeness (QED) is 0.758. The van der Waals surface area contributed by atoms with Gasteiger partial charge in [-0.3, -0.25) is 9.80 Å². The molecule has 1 N–H and O–H groups in total. The lowest BCUT2D eigenvalue weighted by Crippen LogP contribution is -2.40. The molecule has 9 heteroatoms. The number of aliphatic carboxylic acids is 1. The molecule has 1 aliphatic carbocycles. The predicted molar refractivity (Wildman–Crippen MR) is 114 cm³/mol. The van der Waals surface area contributed by atoms with Crippen molar-refractivity contribution < 1.29 is 33.6 Å². The van der Waals surface area contributed by atoms with E-state index in [9.17, 15) is 9.90 Å². The van der Waals surface area contributed by atoms with Gasteiger partial charge in [0.25, 0.3) is 0 Å². The van der Waals surface area contributed by atoms with Gasteiger partial charge in [-0.15, -0.1) is 0 Å². The largest absolute Gasteiger partial charge is 0.493 e. The van der Waals surface area contributed by atoms with Gasteiger partial charge < -0.3 is 28.8 Å². The Morgan fingerprint density at radius 2 is 1.72 bits per heavy atom. The molecular weight excluding hydrogens is 416 g/mol. The highest BCUT2D eigenvalue weighted by atomic mass is 16.7. The van der Waals surface area contributed by atoms with Crippen LogP contribution in [0.1, 0.15) is 22.6 Å². The molecule has 0 unspecified atom stereocenters. The van der Waals surface area contributed by atoms with E-state index in [0.29, 0.717) is 35.3 Å². The molecule has 0 saturated heterocycles. The molecule has 0 aromatic heterocycles. The molecule has 168 valence electrons. The molecule has 3 aliphatic rings. The Hall–Kier alpha value is -3.62. The molecule has 0 saturated carbocycles. The molecule has 0 radical (unpaired) electrons. The Balaban J connectivity index is 1.77. The van der Waals surface area contributed by atoms with Crippen molar-refractivity contribution in [3.63, 3.8) is 0 Å². The van der Waals surface area contributed by atoms with Gasteiger partial charge in [-0.1, -0.05) is 0 Å². The second-order valence-electron chi connectivity index (χ2n) is 8.03. The lowest BCUT2D eigenvalue weighted by Gasteiger charge is -2.36. The zero-order valence-electron chi connectivity index (χ0n) is 18.2. The highest BCUT2D eigenvalue weighted by Gasteiger charge is 2.49. The number of carboxylic acids is 1. The van der Waals surface area contributed by atoms with Crippen LogP contribution in [0, 0.1) is 11.8 Å². The minimum absolute atomic E-state index is 0.130. The van der Waals surface area contributed by atoms with Gasteiger partial charge in [0.2, 0.25) is 12.5 Å². The summed E-state index contributed by atoms with van der Waals surface area (Å²) in [6.07, 6.45) is 0. The highest BCUT2D eigenvalue weighted by Crippen LogP contribution is 2.52. The molecule has 9 nitrogen and oxygen atoms in total. The van der Waals surface area contributed by atoms with Crippen LogP contribution >= 0.6 is 0 Å². The molecule has 2 aliphatic heterocycles. The summed E-state index contributed by atoms with van der Waals surface area (Å²) in [5, 5.41) is 16.8. The first-order valence-corrected chi connectivity index (χ1v) is 10.2. The minimum atomic E-state index is -0.889. The van der Waals surface area contributed by atoms with Crippen molar-refractivity contribution in [3.8, 4) is 28.7 Å². The maximum Gasteiger partial charge on any atom is 0.308 e. The summed E-state index contributed by atoms with van der Waals surface area (Å²) in [6.45, 7) is 0.645. The van der Waals surface area contributed by atoms with Crippen LogP contribution in [-0.4, -0.2) is 63.5 Å². The van der Waals surface area contributed by atoms with Gasteiger partial charge in [0.15, 0.2) is 23.0 Å². The summed E-state index contributed by atoms with van der Waals surface area (Å²) < 4.78 is 27.8. The first kappa shape index (κ1) is 20.3. The van der Waals surface area contributed by atoms with Gasteiger partial charge in [0.05, 0.1) is 33.0 Å². The second-order valence-corrected chi connectivity index (χ2v) is 8.03. The number of ether oxygens (including phenoxy) is 5. The van der Waals surface area contributed by atoms with Crippen LogP contribution in [-0.2, 0) is 4.79 Å². The molecule has 0 bridgehead atoms. The zero-order valence-corrected chi connectivity index (χ0v) is 18.2. The summed E-state index contributed by atoms with van der Waals surface area (Å²) in [4.78, 5) is 12.6. The van der Waals surface area contributed by atoms with E-state index in [4.69, 9.17) is 23.7 Å². The number of fused-ring (bicyclic) bond motifs is 4. The van der Waals surface area contributed by atoms with Gasteiger partial charge in [0, 0.05) is 31.0 Å². The average Bonchev–Trinajstić information content (AvgIpc) is 3.40. The Morgan fingerprint density at radius 1 is 1.06 bits per heavy atom. The zero-order chi connectivity index (χ0) is 22.6. The van der Waals surface area contributed by atoms with Crippen molar-refractivity contribution in [2.45, 2.75) is 5.92 Å². The number of methoxy groups -OCH3 is 3. The fourth-order valence-electron chi connectivity index (χ4n) is 5.05. The molecule has 5 rings (SSSR count). The molecule has 0 amide bonds. The monoisotopic (exact) mass is 440 g/mol. The van der Waals surface area contributed by atoms with E-state index in [0.717, 1.165) is 22.4 Å². The van der Waals surface area contributed by atoms with E-state index in [2.05, 4.69) is 5.10 Å². The van der Waals surface area contributed by atoms with E-state index >= 15 is 0 Å². The number of rotatable bonds is 5. The van der Waals surface area contributed by atoms with Crippen LogP contribution in [0.15, 0.2) is 29.4 Å². The first-order valence-electron chi connectivity index (χ1n) is 10.2. The molecule has 2 aromatic rings. The Kier molecular flexibility index (Phi) is 4.76. The Morgan fingerprint density at radius 3 is 2.31 bits per heavy atom. The highest BCUT2D eigenvalue weighted by molar-refractivity contribution is 6.08. The maximum absolute atomic E-state index is 12.6. The summed E-state index contributed by atoms with van der Waals surface area (Å²) in [7, 11) is 6.47. The van der Waals surface area contributed by atoms with E-state index in [1.54, 1.807) is 19.2 Å². The van der Waals surface area contributed by atoms with Gasteiger partial charge in [-0.2, -0.15) is 5.10 Å². The Bertz CT molecular complexity index is 1100. The third-order valence-electron chi connectivity index (χ3n) is 6.37. The third kappa shape index (κ3) is 2.91. The topological polar surface area (TPSA) is 99.1 Å². The van der Waals surface area contributed by atoms with Crippen LogP contribution in [0.3, 0.4) is 0 Å². The van der Waals surface area contributed by atoms with Gasteiger partial charge >= 0.3 is 5.97 Å². The molecule has 32 heavy (non-hydrogen) atoms. The van der Waals surface area contributed by atoms with Gasteiger partial charge in [0.1, 0.15) is 0 Å². The van der Waals surface area contributed by atoms with E-state index < -0.39 is 17.8 Å². The molecular formula is C23H24N2O7. The SMILES string of the molecule is COc1cc([C@@H]2c3cc4c(cc3C3=NN(C)C[C@H]3[C@@H]2C(=O)O)OCO4)cc(OC)c1OC. The standard InChI is InChI=1S/C23H24N2O7/c1-25-9-14-20(23(26)27)19(11-5-17(28-2)22(30-4)18(6-11)29-3)12-7-15-16(32-10-31-15)8-13(12)21(14)24-25/h5-8,14,19-20H,9-10H2,1-4H3,(H,26,27)/t14-,19+,20-/m0/s1.